The Morgan fingerprint density at radius 3 is 2.60 bits per heavy atom. The Hall–Kier alpha value is -0.0700. The molecule has 0 aromatic carbocycles. The Morgan fingerprint density at radius 1 is 1.40 bits per heavy atom. The molecule has 1 fully saturated rings. The molecule has 1 rings (SSSR count). The van der Waals surface area contributed by atoms with Crippen LogP contribution in [0.3, 0.4) is 0 Å². The van der Waals surface area contributed by atoms with E-state index in [0.717, 1.165) is 19.3 Å². The van der Waals surface area contributed by atoms with Gasteiger partial charge in [0.25, 0.3) is 0 Å². The van der Waals surface area contributed by atoms with Crippen LogP contribution < -0.4 is 0 Å². The van der Waals surface area contributed by atoms with E-state index in [-0.39, 0.29) is 0 Å². The first-order valence-electron chi connectivity index (χ1n) is 4.38. The molecule has 1 aliphatic carbocycles. The van der Waals surface area contributed by atoms with Crippen LogP contribution in [0.5, 0.6) is 0 Å². The van der Waals surface area contributed by atoms with Crippen molar-refractivity contribution >= 4 is 0 Å². The maximum Gasteiger partial charge on any atom is 0.103 e. The molecule has 3 atom stereocenters. The molecule has 1 saturated carbocycles. The molecular formula is C9H17F. The summed E-state index contributed by atoms with van der Waals surface area (Å²) in [5.74, 6) is 0.994. The van der Waals surface area contributed by atoms with Gasteiger partial charge in [0.2, 0.25) is 0 Å². The van der Waals surface area contributed by atoms with Crippen molar-refractivity contribution in [3.63, 3.8) is 0 Å². The second-order valence-electron chi connectivity index (χ2n) is 3.60. The molecule has 0 aromatic rings. The van der Waals surface area contributed by atoms with Crippen molar-refractivity contribution in [1.82, 2.24) is 0 Å². The van der Waals surface area contributed by atoms with Crippen LogP contribution in [0, 0.1) is 11.8 Å². The molecule has 0 N–H and O–H groups in total. The lowest BCUT2D eigenvalue weighted by atomic mass is 9.80. The van der Waals surface area contributed by atoms with Gasteiger partial charge in [-0.1, -0.05) is 26.7 Å². The number of hydrogen-bond acceptors (Lipinski definition) is 0. The topological polar surface area (TPSA) is 0 Å². The van der Waals surface area contributed by atoms with Crippen LogP contribution in [0.1, 0.15) is 39.5 Å². The molecule has 0 amide bonds. The smallest absolute Gasteiger partial charge is 0.103 e. The summed E-state index contributed by atoms with van der Waals surface area (Å²) in [4.78, 5) is 0. The van der Waals surface area contributed by atoms with E-state index in [1.54, 1.807) is 0 Å². The Labute approximate surface area is 62.8 Å². The lowest BCUT2D eigenvalue weighted by Crippen LogP contribution is -2.24. The quantitative estimate of drug-likeness (QED) is 0.530. The van der Waals surface area contributed by atoms with E-state index in [1.165, 1.54) is 6.42 Å². The number of alkyl halides is 1. The minimum atomic E-state index is -0.506. The van der Waals surface area contributed by atoms with Crippen molar-refractivity contribution in [1.29, 1.82) is 0 Å². The standard InChI is InChI=1S/C9H17F/c1-3-8-5-4-7(2)6-9(8)10/h7-9H,3-6H2,1-2H3. The lowest BCUT2D eigenvalue weighted by molar-refractivity contribution is 0.130. The third-order valence-electron chi connectivity index (χ3n) is 2.69. The largest absolute Gasteiger partial charge is 0.247 e. The first kappa shape index (κ1) is 8.03. The van der Waals surface area contributed by atoms with E-state index in [2.05, 4.69) is 13.8 Å². The number of rotatable bonds is 1. The van der Waals surface area contributed by atoms with Gasteiger partial charge in [-0.05, 0) is 24.7 Å². The minimum Gasteiger partial charge on any atom is -0.247 e. The van der Waals surface area contributed by atoms with Gasteiger partial charge in [-0.3, -0.25) is 0 Å². The van der Waals surface area contributed by atoms with Crippen LogP contribution in [0.25, 0.3) is 0 Å². The van der Waals surface area contributed by atoms with Gasteiger partial charge < -0.3 is 0 Å². The molecule has 0 bridgehead atoms. The van der Waals surface area contributed by atoms with E-state index in [4.69, 9.17) is 0 Å². The fourth-order valence-corrected chi connectivity index (χ4v) is 1.83. The molecular weight excluding hydrogens is 127 g/mol. The second kappa shape index (κ2) is 3.36. The molecule has 60 valence electrons. The molecule has 3 unspecified atom stereocenters. The molecule has 10 heavy (non-hydrogen) atoms. The monoisotopic (exact) mass is 144 g/mol. The molecule has 1 heteroatoms. The fraction of sp³-hybridized carbons (Fsp3) is 1.00. The van der Waals surface area contributed by atoms with Crippen LogP contribution in [-0.4, -0.2) is 6.17 Å². The van der Waals surface area contributed by atoms with E-state index in [9.17, 15) is 4.39 Å². The van der Waals surface area contributed by atoms with Crippen LogP contribution in [0.15, 0.2) is 0 Å². The van der Waals surface area contributed by atoms with Crippen LogP contribution >= 0.6 is 0 Å². The van der Waals surface area contributed by atoms with Crippen LogP contribution in [-0.2, 0) is 0 Å². The Balaban J connectivity index is 2.36. The van der Waals surface area contributed by atoms with Crippen molar-refractivity contribution < 1.29 is 4.39 Å². The normalized spacial score (nSPS) is 41.7. The van der Waals surface area contributed by atoms with Gasteiger partial charge in [-0.25, -0.2) is 4.39 Å². The van der Waals surface area contributed by atoms with Gasteiger partial charge in [0, 0.05) is 0 Å². The predicted octanol–water partition coefficient (Wildman–Crippen LogP) is 3.17. The van der Waals surface area contributed by atoms with Gasteiger partial charge in [-0.2, -0.15) is 0 Å². The van der Waals surface area contributed by atoms with Gasteiger partial charge in [0.1, 0.15) is 6.17 Å². The third kappa shape index (κ3) is 1.71. The average molecular weight is 144 g/mol. The lowest BCUT2D eigenvalue weighted by Gasteiger charge is -2.28. The van der Waals surface area contributed by atoms with Gasteiger partial charge in [0.15, 0.2) is 0 Å². The maximum absolute atomic E-state index is 13.1. The zero-order valence-corrected chi connectivity index (χ0v) is 6.94. The van der Waals surface area contributed by atoms with Gasteiger partial charge in [0.05, 0.1) is 0 Å². The highest BCUT2D eigenvalue weighted by Gasteiger charge is 2.26. The summed E-state index contributed by atoms with van der Waals surface area (Å²) in [7, 11) is 0. The third-order valence-corrected chi connectivity index (χ3v) is 2.69. The van der Waals surface area contributed by atoms with Crippen molar-refractivity contribution in [2.75, 3.05) is 0 Å². The SMILES string of the molecule is CCC1CCC(C)CC1F. The Bertz CT molecular complexity index is 101. The average Bonchev–Trinajstić information content (AvgIpc) is 1.88. The van der Waals surface area contributed by atoms with E-state index < -0.39 is 6.17 Å². The highest BCUT2D eigenvalue weighted by Crippen LogP contribution is 2.32. The molecule has 0 aromatic heterocycles. The first-order chi connectivity index (χ1) is 4.74. The Kier molecular flexibility index (Phi) is 2.70. The predicted molar refractivity (Wildman–Crippen MR) is 41.7 cm³/mol. The number of halogens is 1. The summed E-state index contributed by atoms with van der Waals surface area (Å²) in [6.45, 7) is 4.24. The summed E-state index contributed by atoms with van der Waals surface area (Å²) in [5, 5.41) is 0. The molecule has 1 aliphatic rings. The molecule has 0 radical (unpaired) electrons. The zero-order chi connectivity index (χ0) is 7.56. The molecule has 0 heterocycles. The zero-order valence-electron chi connectivity index (χ0n) is 6.94. The molecule has 0 saturated heterocycles. The molecule has 0 aliphatic heterocycles. The van der Waals surface area contributed by atoms with E-state index in [0.29, 0.717) is 11.8 Å². The first-order valence-corrected chi connectivity index (χ1v) is 4.38. The summed E-state index contributed by atoms with van der Waals surface area (Å²) in [5.41, 5.74) is 0. The summed E-state index contributed by atoms with van der Waals surface area (Å²) >= 11 is 0. The van der Waals surface area contributed by atoms with Crippen molar-refractivity contribution in [2.45, 2.75) is 45.7 Å². The van der Waals surface area contributed by atoms with Crippen molar-refractivity contribution in [2.24, 2.45) is 11.8 Å². The highest BCUT2D eigenvalue weighted by atomic mass is 19.1. The number of hydrogen-bond donors (Lipinski definition) is 0. The van der Waals surface area contributed by atoms with Gasteiger partial charge in [-0.15, -0.1) is 0 Å². The minimum absolute atomic E-state index is 0.371. The van der Waals surface area contributed by atoms with Crippen LogP contribution in [0.4, 0.5) is 4.39 Å². The highest BCUT2D eigenvalue weighted by molar-refractivity contribution is 4.76. The molecule has 0 spiro atoms. The van der Waals surface area contributed by atoms with E-state index in [1.807, 2.05) is 0 Å². The maximum atomic E-state index is 13.1. The van der Waals surface area contributed by atoms with E-state index >= 15 is 0 Å². The van der Waals surface area contributed by atoms with Crippen molar-refractivity contribution in [3.8, 4) is 0 Å². The Morgan fingerprint density at radius 2 is 2.10 bits per heavy atom. The summed E-state index contributed by atoms with van der Waals surface area (Å²) < 4.78 is 13.1. The fourth-order valence-electron chi connectivity index (χ4n) is 1.83. The second-order valence-corrected chi connectivity index (χ2v) is 3.60. The van der Waals surface area contributed by atoms with Gasteiger partial charge >= 0.3 is 0 Å². The van der Waals surface area contributed by atoms with Crippen molar-refractivity contribution in [3.05, 3.63) is 0 Å². The van der Waals surface area contributed by atoms with Crippen LogP contribution in [0.2, 0.25) is 0 Å². The summed E-state index contributed by atoms with van der Waals surface area (Å²) in [6.07, 6.45) is 3.66. The molecule has 0 nitrogen and oxygen atoms in total. The summed E-state index contributed by atoms with van der Waals surface area (Å²) in [6, 6.07) is 0.